The van der Waals surface area contributed by atoms with Gasteiger partial charge in [0.1, 0.15) is 11.5 Å². The highest BCUT2D eigenvalue weighted by Crippen LogP contribution is 2.29. The third-order valence-corrected chi connectivity index (χ3v) is 4.00. The Morgan fingerprint density at radius 1 is 1.24 bits per heavy atom. The molecule has 140 valence electrons. The Hall–Kier alpha value is -2.28. The lowest BCUT2D eigenvalue weighted by molar-refractivity contribution is -0.147. The summed E-state index contributed by atoms with van der Waals surface area (Å²) < 4.78 is 10.4. The smallest absolute Gasteiger partial charge is 0.309 e. The Morgan fingerprint density at radius 3 is 2.48 bits per heavy atom. The van der Waals surface area contributed by atoms with Crippen LogP contribution < -0.4 is 20.1 Å². The van der Waals surface area contributed by atoms with Crippen LogP contribution in [0.5, 0.6) is 11.5 Å². The third kappa shape index (κ3) is 6.62. The lowest BCUT2D eigenvalue weighted by Gasteiger charge is -2.21. The Labute approximate surface area is 148 Å². The molecule has 1 amide bonds. The number of anilines is 1. The zero-order valence-electron chi connectivity index (χ0n) is 15.5. The number of aliphatic carboxylic acids is 1. The molecule has 25 heavy (non-hydrogen) atoms. The van der Waals surface area contributed by atoms with Crippen molar-refractivity contribution >= 4 is 17.6 Å². The lowest BCUT2D eigenvalue weighted by atomic mass is 9.89. The summed E-state index contributed by atoms with van der Waals surface area (Å²) in [6.07, 6.45) is 0.753. The van der Waals surface area contributed by atoms with Crippen molar-refractivity contribution in [2.24, 2.45) is 5.41 Å². The van der Waals surface area contributed by atoms with Crippen molar-refractivity contribution in [2.75, 3.05) is 26.1 Å². The fraction of sp³-hybridized carbons (Fsp3) is 0.556. The van der Waals surface area contributed by atoms with E-state index in [2.05, 4.69) is 10.6 Å². The van der Waals surface area contributed by atoms with Crippen molar-refractivity contribution in [3.8, 4) is 11.5 Å². The van der Waals surface area contributed by atoms with E-state index in [1.807, 2.05) is 6.92 Å². The summed E-state index contributed by atoms with van der Waals surface area (Å²) in [6, 6.07) is 5.09. The van der Waals surface area contributed by atoms with Gasteiger partial charge in [-0.2, -0.15) is 0 Å². The van der Waals surface area contributed by atoms with Gasteiger partial charge >= 0.3 is 5.97 Å². The molecule has 0 aliphatic carbocycles. The number of ether oxygens (including phenoxy) is 2. The molecule has 0 heterocycles. The molecule has 0 radical (unpaired) electrons. The number of rotatable bonds is 10. The van der Waals surface area contributed by atoms with Gasteiger partial charge < -0.3 is 25.2 Å². The Morgan fingerprint density at radius 2 is 1.92 bits per heavy atom. The Bertz CT molecular complexity index is 601. The fourth-order valence-corrected chi connectivity index (χ4v) is 2.19. The van der Waals surface area contributed by atoms with Gasteiger partial charge in [0.15, 0.2) is 0 Å². The number of carboxylic acid groups (broad SMARTS) is 1. The van der Waals surface area contributed by atoms with E-state index in [1.54, 1.807) is 39.2 Å². The van der Waals surface area contributed by atoms with Gasteiger partial charge in [-0.25, -0.2) is 0 Å². The van der Waals surface area contributed by atoms with E-state index in [0.29, 0.717) is 30.2 Å². The van der Waals surface area contributed by atoms with E-state index in [0.717, 1.165) is 0 Å². The van der Waals surface area contributed by atoms with E-state index < -0.39 is 11.4 Å². The predicted octanol–water partition coefficient (Wildman–Crippen LogP) is 2.51. The lowest BCUT2D eigenvalue weighted by Crippen LogP contribution is -2.35. The number of hydrogen-bond acceptors (Lipinski definition) is 5. The second-order valence-corrected chi connectivity index (χ2v) is 6.61. The second kappa shape index (κ2) is 9.27. The highest BCUT2D eigenvalue weighted by atomic mass is 16.5. The zero-order valence-corrected chi connectivity index (χ0v) is 15.5. The van der Waals surface area contributed by atoms with E-state index in [4.69, 9.17) is 14.6 Å². The standard InChI is InChI=1S/C18H28N2O5/c1-12(19-9-8-18(2,3)17(22)23)10-16(21)20-14-7-6-13(24-4)11-15(14)25-5/h6-7,11-12,19H,8-10H2,1-5H3,(H,20,21)(H,22,23). The van der Waals surface area contributed by atoms with Crippen molar-refractivity contribution in [1.82, 2.24) is 5.32 Å². The van der Waals surface area contributed by atoms with Crippen LogP contribution in [-0.4, -0.2) is 43.8 Å². The van der Waals surface area contributed by atoms with E-state index in [9.17, 15) is 9.59 Å². The molecule has 0 saturated heterocycles. The molecule has 0 saturated carbocycles. The maximum atomic E-state index is 12.2. The first-order valence-electron chi connectivity index (χ1n) is 8.18. The summed E-state index contributed by atoms with van der Waals surface area (Å²) >= 11 is 0. The topological polar surface area (TPSA) is 96.9 Å². The molecule has 1 unspecified atom stereocenters. The molecule has 1 atom stereocenters. The minimum atomic E-state index is -0.828. The summed E-state index contributed by atoms with van der Waals surface area (Å²) in [5.41, 5.74) is -0.210. The molecule has 1 rings (SSSR count). The number of carboxylic acids is 1. The average Bonchev–Trinajstić information content (AvgIpc) is 2.54. The molecule has 1 aromatic rings. The highest BCUT2D eigenvalue weighted by molar-refractivity contribution is 5.92. The van der Waals surface area contributed by atoms with Gasteiger partial charge in [0.05, 0.1) is 25.3 Å². The molecule has 0 aliphatic heterocycles. The van der Waals surface area contributed by atoms with Crippen LogP contribution in [0, 0.1) is 5.41 Å². The van der Waals surface area contributed by atoms with Crippen molar-refractivity contribution < 1.29 is 24.2 Å². The van der Waals surface area contributed by atoms with Gasteiger partial charge in [0.2, 0.25) is 5.91 Å². The molecule has 0 spiro atoms. The highest BCUT2D eigenvalue weighted by Gasteiger charge is 2.26. The second-order valence-electron chi connectivity index (χ2n) is 6.61. The number of hydrogen-bond donors (Lipinski definition) is 3. The van der Waals surface area contributed by atoms with Crippen LogP contribution in [-0.2, 0) is 9.59 Å². The van der Waals surface area contributed by atoms with Crippen LogP contribution in [0.4, 0.5) is 5.69 Å². The molecular weight excluding hydrogens is 324 g/mol. The predicted molar refractivity (Wildman–Crippen MR) is 96.3 cm³/mol. The average molecular weight is 352 g/mol. The molecule has 0 bridgehead atoms. The van der Waals surface area contributed by atoms with Crippen LogP contribution in [0.3, 0.4) is 0 Å². The van der Waals surface area contributed by atoms with Crippen LogP contribution in [0.25, 0.3) is 0 Å². The number of methoxy groups -OCH3 is 2. The number of benzene rings is 1. The summed E-state index contributed by atoms with van der Waals surface area (Å²) in [5, 5.41) is 15.1. The normalized spacial score (nSPS) is 12.4. The molecular formula is C18H28N2O5. The minimum absolute atomic E-state index is 0.0751. The molecule has 7 nitrogen and oxygen atoms in total. The molecule has 0 aromatic heterocycles. The summed E-state index contributed by atoms with van der Waals surface area (Å²) in [5.74, 6) is 0.190. The first-order valence-corrected chi connectivity index (χ1v) is 8.18. The van der Waals surface area contributed by atoms with Gasteiger partial charge in [0.25, 0.3) is 0 Å². The summed E-state index contributed by atoms with van der Waals surface area (Å²) in [6.45, 7) is 5.78. The van der Waals surface area contributed by atoms with Gasteiger partial charge in [-0.15, -0.1) is 0 Å². The summed E-state index contributed by atoms with van der Waals surface area (Å²) in [4.78, 5) is 23.3. The SMILES string of the molecule is COc1ccc(NC(=O)CC(C)NCCC(C)(C)C(=O)O)c(OC)c1. The monoisotopic (exact) mass is 352 g/mol. The first-order chi connectivity index (χ1) is 11.7. The number of carbonyl (C=O) groups is 2. The largest absolute Gasteiger partial charge is 0.497 e. The maximum absolute atomic E-state index is 12.2. The number of nitrogens with one attached hydrogen (secondary N) is 2. The molecule has 0 fully saturated rings. The van der Waals surface area contributed by atoms with E-state index >= 15 is 0 Å². The number of amides is 1. The van der Waals surface area contributed by atoms with Gasteiger partial charge in [0, 0.05) is 18.5 Å². The Kier molecular flexibility index (Phi) is 7.70. The van der Waals surface area contributed by atoms with Crippen molar-refractivity contribution in [3.05, 3.63) is 18.2 Å². The maximum Gasteiger partial charge on any atom is 0.309 e. The van der Waals surface area contributed by atoms with Gasteiger partial charge in [-0.05, 0) is 45.9 Å². The Balaban J connectivity index is 2.50. The van der Waals surface area contributed by atoms with Crippen LogP contribution >= 0.6 is 0 Å². The quantitative estimate of drug-likeness (QED) is 0.599. The van der Waals surface area contributed by atoms with Crippen LogP contribution in [0.15, 0.2) is 18.2 Å². The molecule has 1 aromatic carbocycles. The first kappa shape index (κ1) is 20.8. The van der Waals surface area contributed by atoms with E-state index in [-0.39, 0.29) is 18.4 Å². The third-order valence-electron chi connectivity index (χ3n) is 4.00. The van der Waals surface area contributed by atoms with Crippen LogP contribution in [0.1, 0.15) is 33.6 Å². The van der Waals surface area contributed by atoms with Crippen molar-refractivity contribution in [3.63, 3.8) is 0 Å². The van der Waals surface area contributed by atoms with Gasteiger partial charge in [-0.3, -0.25) is 9.59 Å². The molecule has 0 aliphatic rings. The molecule has 7 heteroatoms. The number of carbonyl (C=O) groups excluding carboxylic acids is 1. The fourth-order valence-electron chi connectivity index (χ4n) is 2.19. The minimum Gasteiger partial charge on any atom is -0.497 e. The van der Waals surface area contributed by atoms with Crippen LogP contribution in [0.2, 0.25) is 0 Å². The zero-order chi connectivity index (χ0) is 19.0. The van der Waals surface area contributed by atoms with Crippen molar-refractivity contribution in [2.45, 2.75) is 39.7 Å². The van der Waals surface area contributed by atoms with E-state index in [1.165, 1.54) is 7.11 Å². The van der Waals surface area contributed by atoms with Gasteiger partial charge in [-0.1, -0.05) is 0 Å². The molecule has 3 N–H and O–H groups in total. The summed E-state index contributed by atoms with van der Waals surface area (Å²) in [7, 11) is 3.09. The van der Waals surface area contributed by atoms with Crippen molar-refractivity contribution in [1.29, 1.82) is 0 Å².